The molecule has 0 saturated heterocycles. The Morgan fingerprint density at radius 3 is 2.28 bits per heavy atom. The van der Waals surface area contributed by atoms with Gasteiger partial charge in [0.05, 0.1) is 0 Å². The van der Waals surface area contributed by atoms with Crippen LogP contribution in [0.1, 0.15) is 34.8 Å². The summed E-state index contributed by atoms with van der Waals surface area (Å²) in [4.78, 5) is 24.4. The molecule has 3 aromatic rings. The Balaban J connectivity index is 1.69. The third kappa shape index (κ3) is 5.45. The summed E-state index contributed by atoms with van der Waals surface area (Å²) in [6.45, 7) is 4.09. The second-order valence-electron chi connectivity index (χ2n) is 6.64. The Bertz CT molecular complexity index is 1000. The van der Waals surface area contributed by atoms with Gasteiger partial charge in [-0.05, 0) is 48.4 Å². The Morgan fingerprint density at radius 2 is 1.55 bits per heavy atom. The molecule has 3 rings (SSSR count). The van der Waals surface area contributed by atoms with Crippen molar-refractivity contribution in [3.63, 3.8) is 0 Å². The van der Waals surface area contributed by atoms with Crippen LogP contribution in [0.25, 0.3) is 0 Å². The topological polar surface area (TPSA) is 67.4 Å². The first-order chi connectivity index (χ1) is 14.1. The maximum atomic E-state index is 12.7. The van der Waals surface area contributed by atoms with E-state index in [9.17, 15) is 9.59 Å². The third-order valence-corrected chi connectivity index (χ3v) is 4.52. The average Bonchev–Trinajstić information content (AvgIpc) is 2.76. The normalized spacial score (nSPS) is 10.3. The van der Waals surface area contributed by atoms with E-state index in [0.717, 1.165) is 11.1 Å². The highest BCUT2D eigenvalue weighted by molar-refractivity contribution is 6.05. The van der Waals surface area contributed by atoms with Crippen LogP contribution in [0.3, 0.4) is 0 Å². The maximum absolute atomic E-state index is 12.7. The van der Waals surface area contributed by atoms with Crippen molar-refractivity contribution in [3.8, 4) is 5.75 Å². The van der Waals surface area contributed by atoms with Gasteiger partial charge < -0.3 is 15.4 Å². The first-order valence-corrected chi connectivity index (χ1v) is 9.54. The van der Waals surface area contributed by atoms with Gasteiger partial charge in [-0.3, -0.25) is 9.59 Å². The van der Waals surface area contributed by atoms with Crippen molar-refractivity contribution in [2.24, 2.45) is 0 Å². The van der Waals surface area contributed by atoms with Crippen LogP contribution in [-0.4, -0.2) is 11.8 Å². The number of ether oxygens (including phenoxy) is 1. The molecule has 0 heterocycles. The number of hydrogen-bond donors (Lipinski definition) is 2. The number of hydrogen-bond acceptors (Lipinski definition) is 3. The molecule has 0 unspecified atom stereocenters. The summed E-state index contributed by atoms with van der Waals surface area (Å²) in [5, 5.41) is 5.76. The fraction of sp³-hybridized carbons (Fsp3) is 0.167. The van der Waals surface area contributed by atoms with Gasteiger partial charge in [-0.1, -0.05) is 49.4 Å². The standard InChI is InChI=1S/C24H24N2O3/c1-3-23(27)25-21-13-8-14-22(17(21)2)26-24(28)19-11-7-12-20(15-19)29-16-18-9-5-4-6-10-18/h4-15H,3,16H2,1-2H3,(H,25,27)(H,26,28). The van der Waals surface area contributed by atoms with E-state index < -0.39 is 0 Å². The van der Waals surface area contributed by atoms with E-state index >= 15 is 0 Å². The summed E-state index contributed by atoms with van der Waals surface area (Å²) in [6.07, 6.45) is 0.395. The minimum Gasteiger partial charge on any atom is -0.489 e. The largest absolute Gasteiger partial charge is 0.489 e. The van der Waals surface area contributed by atoms with Crippen LogP contribution in [0.4, 0.5) is 11.4 Å². The highest BCUT2D eigenvalue weighted by Gasteiger charge is 2.11. The van der Waals surface area contributed by atoms with Gasteiger partial charge in [0.1, 0.15) is 12.4 Å². The van der Waals surface area contributed by atoms with Crippen molar-refractivity contribution in [1.29, 1.82) is 0 Å². The van der Waals surface area contributed by atoms with Crippen LogP contribution in [0.15, 0.2) is 72.8 Å². The highest BCUT2D eigenvalue weighted by Crippen LogP contribution is 2.24. The van der Waals surface area contributed by atoms with Gasteiger partial charge in [0, 0.05) is 23.4 Å². The van der Waals surface area contributed by atoms with Crippen molar-refractivity contribution in [2.75, 3.05) is 10.6 Å². The molecule has 0 aliphatic heterocycles. The average molecular weight is 388 g/mol. The Hall–Kier alpha value is -3.60. The Morgan fingerprint density at radius 1 is 0.862 bits per heavy atom. The van der Waals surface area contributed by atoms with Gasteiger partial charge in [0.15, 0.2) is 0 Å². The molecular formula is C24H24N2O3. The van der Waals surface area contributed by atoms with Crippen LogP contribution < -0.4 is 15.4 Å². The molecular weight excluding hydrogens is 364 g/mol. The van der Waals surface area contributed by atoms with Gasteiger partial charge in [0.25, 0.3) is 5.91 Å². The zero-order chi connectivity index (χ0) is 20.6. The third-order valence-electron chi connectivity index (χ3n) is 4.52. The predicted molar refractivity (Wildman–Crippen MR) is 115 cm³/mol. The maximum Gasteiger partial charge on any atom is 0.255 e. The molecule has 0 saturated carbocycles. The van der Waals surface area contributed by atoms with E-state index in [0.29, 0.717) is 35.7 Å². The van der Waals surface area contributed by atoms with Crippen LogP contribution in [0.5, 0.6) is 5.75 Å². The molecule has 0 fully saturated rings. The Kier molecular flexibility index (Phi) is 6.63. The smallest absolute Gasteiger partial charge is 0.255 e. The summed E-state index contributed by atoms with van der Waals surface area (Å²) in [5.74, 6) is 0.319. The van der Waals surface area contributed by atoms with Crippen molar-refractivity contribution in [3.05, 3.63) is 89.5 Å². The summed E-state index contributed by atoms with van der Waals surface area (Å²) in [6, 6.07) is 22.4. The van der Waals surface area contributed by atoms with Gasteiger partial charge >= 0.3 is 0 Å². The lowest BCUT2D eigenvalue weighted by atomic mass is 10.1. The zero-order valence-electron chi connectivity index (χ0n) is 16.6. The molecule has 2 amide bonds. The number of carbonyl (C=O) groups excluding carboxylic acids is 2. The number of rotatable bonds is 7. The highest BCUT2D eigenvalue weighted by atomic mass is 16.5. The molecule has 5 nitrogen and oxygen atoms in total. The van der Waals surface area contributed by atoms with E-state index in [4.69, 9.17) is 4.74 Å². The molecule has 0 aliphatic rings. The molecule has 0 aromatic heterocycles. The molecule has 0 aliphatic carbocycles. The first-order valence-electron chi connectivity index (χ1n) is 9.54. The zero-order valence-corrected chi connectivity index (χ0v) is 16.6. The second kappa shape index (κ2) is 9.55. The quantitative estimate of drug-likeness (QED) is 0.586. The molecule has 0 spiro atoms. The molecule has 0 bridgehead atoms. The van der Waals surface area contributed by atoms with E-state index in [-0.39, 0.29) is 11.8 Å². The lowest BCUT2D eigenvalue weighted by Crippen LogP contribution is -2.15. The van der Waals surface area contributed by atoms with Crippen molar-refractivity contribution in [1.82, 2.24) is 0 Å². The predicted octanol–water partition coefficient (Wildman–Crippen LogP) is 5.17. The lowest BCUT2D eigenvalue weighted by molar-refractivity contribution is -0.115. The lowest BCUT2D eigenvalue weighted by Gasteiger charge is -2.14. The number of benzene rings is 3. The van der Waals surface area contributed by atoms with Gasteiger partial charge in [-0.15, -0.1) is 0 Å². The minimum absolute atomic E-state index is 0.0696. The number of carbonyl (C=O) groups is 2. The van der Waals surface area contributed by atoms with Crippen LogP contribution >= 0.6 is 0 Å². The van der Waals surface area contributed by atoms with E-state index in [1.165, 1.54) is 0 Å². The SMILES string of the molecule is CCC(=O)Nc1cccc(NC(=O)c2cccc(OCc3ccccc3)c2)c1C. The molecule has 0 atom stereocenters. The minimum atomic E-state index is -0.239. The van der Waals surface area contributed by atoms with E-state index in [2.05, 4.69) is 10.6 Å². The monoisotopic (exact) mass is 388 g/mol. The van der Waals surface area contributed by atoms with Gasteiger partial charge in [-0.25, -0.2) is 0 Å². The molecule has 2 N–H and O–H groups in total. The molecule has 29 heavy (non-hydrogen) atoms. The van der Waals surface area contributed by atoms with Gasteiger partial charge in [0.2, 0.25) is 5.91 Å². The fourth-order valence-electron chi connectivity index (χ4n) is 2.81. The molecule has 3 aromatic carbocycles. The number of nitrogens with one attached hydrogen (secondary N) is 2. The van der Waals surface area contributed by atoms with Gasteiger partial charge in [-0.2, -0.15) is 0 Å². The molecule has 0 radical (unpaired) electrons. The summed E-state index contributed by atoms with van der Waals surface area (Å²) in [7, 11) is 0. The van der Waals surface area contributed by atoms with E-state index in [1.807, 2.05) is 55.5 Å². The fourth-order valence-corrected chi connectivity index (χ4v) is 2.81. The number of amides is 2. The van der Waals surface area contributed by atoms with Crippen molar-refractivity contribution < 1.29 is 14.3 Å². The van der Waals surface area contributed by atoms with E-state index in [1.54, 1.807) is 31.2 Å². The summed E-state index contributed by atoms with van der Waals surface area (Å²) < 4.78 is 5.80. The summed E-state index contributed by atoms with van der Waals surface area (Å²) in [5.41, 5.74) is 3.70. The molecule has 148 valence electrons. The van der Waals surface area contributed by atoms with Crippen molar-refractivity contribution in [2.45, 2.75) is 26.9 Å². The number of anilines is 2. The first kappa shape index (κ1) is 20.1. The summed E-state index contributed by atoms with van der Waals surface area (Å²) >= 11 is 0. The van der Waals surface area contributed by atoms with Crippen molar-refractivity contribution >= 4 is 23.2 Å². The van der Waals surface area contributed by atoms with Crippen LogP contribution in [-0.2, 0) is 11.4 Å². The Labute approximate surface area is 170 Å². The van der Waals surface area contributed by atoms with Crippen LogP contribution in [0, 0.1) is 6.92 Å². The van der Waals surface area contributed by atoms with Crippen LogP contribution in [0.2, 0.25) is 0 Å². The second-order valence-corrected chi connectivity index (χ2v) is 6.64. The molecule has 5 heteroatoms.